The van der Waals surface area contributed by atoms with Gasteiger partial charge in [-0.15, -0.1) is 0 Å². The topological polar surface area (TPSA) is 83.6 Å². The molecular weight excluding hydrogens is 292 g/mol. The van der Waals surface area contributed by atoms with Crippen molar-refractivity contribution in [1.29, 1.82) is 0 Å². The van der Waals surface area contributed by atoms with Gasteiger partial charge in [-0.1, -0.05) is 6.92 Å². The van der Waals surface area contributed by atoms with Gasteiger partial charge in [-0.2, -0.15) is 0 Å². The van der Waals surface area contributed by atoms with Crippen LogP contribution in [0.25, 0.3) is 0 Å². The van der Waals surface area contributed by atoms with E-state index in [1.54, 1.807) is 11.8 Å². The Kier molecular flexibility index (Phi) is 4.91. The molecule has 7 heteroatoms. The zero-order chi connectivity index (χ0) is 15.6. The summed E-state index contributed by atoms with van der Waals surface area (Å²) in [6.07, 6.45) is 2.67. The summed E-state index contributed by atoms with van der Waals surface area (Å²) < 4.78 is 23.1. The highest BCUT2D eigenvalue weighted by Gasteiger charge is 2.42. The van der Waals surface area contributed by atoms with Gasteiger partial charge < -0.3 is 10.2 Å². The fraction of sp³-hybridized carbons (Fsp3) is 0.857. The molecule has 2 fully saturated rings. The van der Waals surface area contributed by atoms with Gasteiger partial charge in [-0.05, 0) is 32.1 Å². The molecule has 2 aliphatic rings. The maximum atomic E-state index is 12.6. The molecular formula is C14H24N2O4S. The molecule has 1 heterocycles. The largest absolute Gasteiger partial charge is 0.344 e. The van der Waals surface area contributed by atoms with Gasteiger partial charge in [-0.3, -0.25) is 9.59 Å². The van der Waals surface area contributed by atoms with Crippen molar-refractivity contribution in [3.63, 3.8) is 0 Å². The van der Waals surface area contributed by atoms with E-state index in [1.165, 1.54) is 0 Å². The molecule has 6 nitrogen and oxygen atoms in total. The van der Waals surface area contributed by atoms with Crippen molar-refractivity contribution in [2.75, 3.05) is 18.1 Å². The van der Waals surface area contributed by atoms with Gasteiger partial charge in [0, 0.05) is 24.8 Å². The van der Waals surface area contributed by atoms with Crippen LogP contribution in [-0.4, -0.2) is 55.3 Å². The molecule has 1 saturated carbocycles. The Balaban J connectivity index is 2.00. The lowest BCUT2D eigenvalue weighted by Gasteiger charge is -2.28. The van der Waals surface area contributed by atoms with E-state index in [-0.39, 0.29) is 41.7 Å². The van der Waals surface area contributed by atoms with Crippen molar-refractivity contribution in [2.24, 2.45) is 5.92 Å². The number of carbonyl (C=O) groups is 2. The van der Waals surface area contributed by atoms with Crippen LogP contribution in [0.1, 0.15) is 39.5 Å². The number of carbonyl (C=O) groups excluding carboxylic acids is 2. The van der Waals surface area contributed by atoms with Crippen LogP contribution in [0, 0.1) is 5.92 Å². The fourth-order valence-corrected chi connectivity index (χ4v) is 3.60. The monoisotopic (exact) mass is 316 g/mol. The lowest BCUT2D eigenvalue weighted by Crippen LogP contribution is -2.48. The predicted octanol–water partition coefficient (Wildman–Crippen LogP) is 0.327. The third-order valence-electron chi connectivity index (χ3n) is 4.27. The smallest absolute Gasteiger partial charge is 0.245 e. The molecule has 0 bridgehead atoms. The number of sulfone groups is 1. The van der Waals surface area contributed by atoms with E-state index >= 15 is 0 Å². The molecule has 1 aliphatic heterocycles. The molecule has 1 N–H and O–H groups in total. The summed E-state index contributed by atoms with van der Waals surface area (Å²) in [5, 5.41) is 2.82. The van der Waals surface area contributed by atoms with Crippen molar-refractivity contribution in [2.45, 2.75) is 51.6 Å². The molecule has 1 saturated heterocycles. The Morgan fingerprint density at radius 1 is 1.29 bits per heavy atom. The van der Waals surface area contributed by atoms with Crippen LogP contribution >= 0.6 is 0 Å². The fourth-order valence-electron chi connectivity index (χ4n) is 2.75. The molecule has 1 aliphatic carbocycles. The minimum Gasteiger partial charge on any atom is -0.344 e. The number of rotatable bonds is 6. The zero-order valence-corrected chi connectivity index (χ0v) is 13.5. The predicted molar refractivity (Wildman–Crippen MR) is 79.4 cm³/mol. The normalized spacial score (nSPS) is 27.4. The van der Waals surface area contributed by atoms with E-state index in [1.807, 2.05) is 6.92 Å². The van der Waals surface area contributed by atoms with Gasteiger partial charge in [0.2, 0.25) is 11.8 Å². The van der Waals surface area contributed by atoms with Crippen LogP contribution in [0.15, 0.2) is 0 Å². The Labute approximate surface area is 126 Å². The van der Waals surface area contributed by atoms with E-state index in [9.17, 15) is 18.0 Å². The minimum atomic E-state index is -3.01. The van der Waals surface area contributed by atoms with Crippen LogP contribution in [0.5, 0.6) is 0 Å². The Hall–Kier alpha value is -1.11. The number of amides is 2. The van der Waals surface area contributed by atoms with Gasteiger partial charge in [0.1, 0.15) is 15.9 Å². The quantitative estimate of drug-likeness (QED) is 0.765. The molecule has 0 spiro atoms. The summed E-state index contributed by atoms with van der Waals surface area (Å²) in [7, 11) is -3.01. The van der Waals surface area contributed by atoms with Crippen molar-refractivity contribution in [1.82, 2.24) is 10.2 Å². The second kappa shape index (κ2) is 6.34. The molecule has 2 unspecified atom stereocenters. The third-order valence-corrected chi connectivity index (χ3v) is 6.06. The summed E-state index contributed by atoms with van der Waals surface area (Å²) >= 11 is 0. The Morgan fingerprint density at radius 3 is 2.52 bits per heavy atom. The van der Waals surface area contributed by atoms with Crippen LogP contribution in [0.4, 0.5) is 0 Å². The van der Waals surface area contributed by atoms with E-state index in [4.69, 9.17) is 0 Å². The summed E-state index contributed by atoms with van der Waals surface area (Å²) in [6.45, 7) is 3.87. The highest BCUT2D eigenvalue weighted by Crippen LogP contribution is 2.34. The average Bonchev–Trinajstić information content (AvgIpc) is 3.24. The van der Waals surface area contributed by atoms with Gasteiger partial charge in [0.25, 0.3) is 0 Å². The molecule has 2 amide bonds. The molecule has 0 aromatic carbocycles. The van der Waals surface area contributed by atoms with Crippen LogP contribution in [-0.2, 0) is 19.4 Å². The molecule has 0 radical (unpaired) electrons. The maximum absolute atomic E-state index is 12.6. The lowest BCUT2D eigenvalue weighted by molar-refractivity contribution is -0.135. The lowest BCUT2D eigenvalue weighted by atomic mass is 10.1. The SMILES string of the molecule is CCS(=O)(=O)CCCN1C(=O)C(C2CC2)NC(=O)CC1C. The van der Waals surface area contributed by atoms with Gasteiger partial charge in [0.05, 0.1) is 5.75 Å². The van der Waals surface area contributed by atoms with Gasteiger partial charge in [-0.25, -0.2) is 8.42 Å². The van der Waals surface area contributed by atoms with Crippen molar-refractivity contribution >= 4 is 21.7 Å². The first-order valence-electron chi connectivity index (χ1n) is 7.64. The zero-order valence-electron chi connectivity index (χ0n) is 12.7. The second-order valence-corrected chi connectivity index (χ2v) is 8.53. The van der Waals surface area contributed by atoms with E-state index < -0.39 is 15.9 Å². The van der Waals surface area contributed by atoms with Gasteiger partial charge in [0.15, 0.2) is 0 Å². The van der Waals surface area contributed by atoms with Crippen molar-refractivity contribution in [3.8, 4) is 0 Å². The van der Waals surface area contributed by atoms with Crippen LogP contribution < -0.4 is 5.32 Å². The van der Waals surface area contributed by atoms with Crippen molar-refractivity contribution < 1.29 is 18.0 Å². The first kappa shape index (κ1) is 16.3. The maximum Gasteiger partial charge on any atom is 0.245 e. The van der Waals surface area contributed by atoms with Gasteiger partial charge >= 0.3 is 0 Å². The van der Waals surface area contributed by atoms with Crippen LogP contribution in [0.2, 0.25) is 0 Å². The third kappa shape index (κ3) is 4.18. The average molecular weight is 316 g/mol. The Morgan fingerprint density at radius 2 is 1.95 bits per heavy atom. The second-order valence-electron chi connectivity index (χ2n) is 6.06. The Bertz CT molecular complexity index is 513. The van der Waals surface area contributed by atoms with E-state index in [2.05, 4.69) is 5.32 Å². The minimum absolute atomic E-state index is 0.0512. The summed E-state index contributed by atoms with van der Waals surface area (Å²) in [5.74, 6) is 0.339. The molecule has 21 heavy (non-hydrogen) atoms. The summed E-state index contributed by atoms with van der Waals surface area (Å²) in [4.78, 5) is 26.1. The first-order valence-corrected chi connectivity index (χ1v) is 9.46. The first-order chi connectivity index (χ1) is 9.84. The molecule has 0 aromatic heterocycles. The van der Waals surface area contributed by atoms with E-state index in [0.29, 0.717) is 13.0 Å². The molecule has 0 aromatic rings. The number of hydrogen-bond acceptors (Lipinski definition) is 4. The number of nitrogens with zero attached hydrogens (tertiary/aromatic N) is 1. The summed E-state index contributed by atoms with van der Waals surface area (Å²) in [5.41, 5.74) is 0. The highest BCUT2D eigenvalue weighted by molar-refractivity contribution is 7.91. The molecule has 2 rings (SSSR count). The number of hydrogen-bond donors (Lipinski definition) is 1. The number of nitrogens with one attached hydrogen (secondary N) is 1. The van der Waals surface area contributed by atoms with Crippen molar-refractivity contribution in [3.05, 3.63) is 0 Å². The standard InChI is InChI=1S/C14H24N2O4S/c1-3-21(19,20)8-4-7-16-10(2)9-12(17)15-13(14(16)18)11-5-6-11/h10-11,13H,3-9H2,1-2H3,(H,15,17). The van der Waals surface area contributed by atoms with Crippen LogP contribution in [0.3, 0.4) is 0 Å². The molecule has 120 valence electrons. The van der Waals surface area contributed by atoms with E-state index in [0.717, 1.165) is 12.8 Å². The summed E-state index contributed by atoms with van der Waals surface area (Å²) in [6, 6.07) is -0.587. The molecule has 2 atom stereocenters. The highest BCUT2D eigenvalue weighted by atomic mass is 32.2.